The zero-order valence-corrected chi connectivity index (χ0v) is 10.8. The van der Waals surface area contributed by atoms with Crippen molar-refractivity contribution in [2.24, 2.45) is 0 Å². The minimum Gasteiger partial charge on any atom is -0.299 e. The number of ketones is 1. The molecule has 0 amide bonds. The molecule has 2 aromatic rings. The van der Waals surface area contributed by atoms with Crippen LogP contribution < -0.4 is 0 Å². The van der Waals surface area contributed by atoms with Gasteiger partial charge in [0, 0.05) is 37.5 Å². The lowest BCUT2D eigenvalue weighted by atomic mass is 10.1. The predicted octanol–water partition coefficient (Wildman–Crippen LogP) is 1.96. The molecule has 2 aromatic heterocycles. The molecule has 94 valence electrons. The Kier molecular flexibility index (Phi) is 3.87. The molecule has 4 nitrogen and oxygen atoms in total. The maximum Gasteiger partial charge on any atom is 0.143 e. The minimum absolute atomic E-state index is 0.192. The first-order valence-corrected chi connectivity index (χ1v) is 6.13. The number of aromatic nitrogens is 3. The number of aryl methyl sites for hydroxylation is 2. The third kappa shape index (κ3) is 3.03. The number of rotatable bonds is 5. The van der Waals surface area contributed by atoms with E-state index in [-0.39, 0.29) is 5.78 Å². The van der Waals surface area contributed by atoms with E-state index < -0.39 is 0 Å². The van der Waals surface area contributed by atoms with Gasteiger partial charge in [0.1, 0.15) is 5.78 Å². The zero-order chi connectivity index (χ0) is 13.0. The Morgan fingerprint density at radius 1 is 1.39 bits per heavy atom. The summed E-state index contributed by atoms with van der Waals surface area (Å²) in [5.74, 6) is 0.192. The average molecular weight is 243 g/mol. The van der Waals surface area contributed by atoms with Gasteiger partial charge in [-0.15, -0.1) is 0 Å². The number of hydrogen-bond donors (Lipinski definition) is 0. The van der Waals surface area contributed by atoms with E-state index in [9.17, 15) is 4.79 Å². The summed E-state index contributed by atoms with van der Waals surface area (Å²) < 4.78 is 1.89. The van der Waals surface area contributed by atoms with E-state index in [1.165, 1.54) is 0 Å². The lowest BCUT2D eigenvalue weighted by Crippen LogP contribution is -2.11. The third-order valence-electron chi connectivity index (χ3n) is 2.79. The molecule has 0 saturated heterocycles. The van der Waals surface area contributed by atoms with Crippen molar-refractivity contribution in [3.63, 3.8) is 0 Å². The second-order valence-electron chi connectivity index (χ2n) is 4.35. The van der Waals surface area contributed by atoms with Crippen molar-refractivity contribution in [1.82, 2.24) is 14.8 Å². The number of hydrogen-bond acceptors (Lipinski definition) is 3. The average Bonchev–Trinajstić information content (AvgIpc) is 2.70. The summed E-state index contributed by atoms with van der Waals surface area (Å²) in [5.41, 5.74) is 2.91. The van der Waals surface area contributed by atoms with Gasteiger partial charge in [-0.3, -0.25) is 14.5 Å². The van der Waals surface area contributed by atoms with E-state index in [0.29, 0.717) is 12.8 Å². The highest BCUT2D eigenvalue weighted by molar-refractivity contribution is 5.82. The van der Waals surface area contributed by atoms with Crippen LogP contribution in [-0.2, 0) is 24.2 Å². The maximum atomic E-state index is 12.0. The van der Waals surface area contributed by atoms with Crippen LogP contribution in [0.1, 0.15) is 23.9 Å². The van der Waals surface area contributed by atoms with Gasteiger partial charge < -0.3 is 0 Å². The number of pyridine rings is 1. The Morgan fingerprint density at radius 2 is 2.22 bits per heavy atom. The minimum atomic E-state index is 0.192. The van der Waals surface area contributed by atoms with E-state index in [2.05, 4.69) is 10.1 Å². The normalized spacial score (nSPS) is 10.6. The van der Waals surface area contributed by atoms with Crippen molar-refractivity contribution in [1.29, 1.82) is 0 Å². The van der Waals surface area contributed by atoms with Crippen molar-refractivity contribution >= 4 is 5.78 Å². The van der Waals surface area contributed by atoms with Gasteiger partial charge in [-0.1, -0.05) is 6.07 Å². The van der Waals surface area contributed by atoms with Gasteiger partial charge in [0.05, 0.1) is 5.69 Å². The van der Waals surface area contributed by atoms with Crippen molar-refractivity contribution < 1.29 is 4.79 Å². The lowest BCUT2D eigenvalue weighted by Gasteiger charge is -2.04. The third-order valence-corrected chi connectivity index (χ3v) is 2.79. The van der Waals surface area contributed by atoms with E-state index in [4.69, 9.17) is 0 Å². The summed E-state index contributed by atoms with van der Waals surface area (Å²) in [7, 11) is 0. The quantitative estimate of drug-likeness (QED) is 0.806. The highest BCUT2D eigenvalue weighted by atomic mass is 16.1. The highest BCUT2D eigenvalue weighted by Crippen LogP contribution is 2.07. The fraction of sp³-hybridized carbons (Fsp3) is 0.357. The lowest BCUT2D eigenvalue weighted by molar-refractivity contribution is -0.117. The highest BCUT2D eigenvalue weighted by Gasteiger charge is 2.10. The van der Waals surface area contributed by atoms with E-state index in [1.807, 2.05) is 36.7 Å². The first-order valence-electron chi connectivity index (χ1n) is 6.13. The van der Waals surface area contributed by atoms with Crippen LogP contribution in [0.15, 0.2) is 30.6 Å². The van der Waals surface area contributed by atoms with Crippen LogP contribution in [0.4, 0.5) is 0 Å². The molecule has 0 radical (unpaired) electrons. The Labute approximate surface area is 107 Å². The van der Waals surface area contributed by atoms with E-state index >= 15 is 0 Å². The van der Waals surface area contributed by atoms with Gasteiger partial charge >= 0.3 is 0 Å². The first-order chi connectivity index (χ1) is 8.69. The summed E-state index contributed by atoms with van der Waals surface area (Å²) in [6.45, 7) is 4.77. The molecule has 0 aromatic carbocycles. The summed E-state index contributed by atoms with van der Waals surface area (Å²) in [6.07, 6.45) is 4.31. The molecule has 0 aliphatic rings. The van der Waals surface area contributed by atoms with Crippen molar-refractivity contribution in [2.75, 3.05) is 0 Å². The Bertz CT molecular complexity index is 531. The molecule has 0 spiro atoms. The monoisotopic (exact) mass is 243 g/mol. The second-order valence-corrected chi connectivity index (χ2v) is 4.35. The molecule has 0 atom stereocenters. The SMILES string of the molecule is CCn1nc(C)cc1CC(=O)Cc1cccnc1. The molecule has 0 unspecified atom stereocenters. The molecule has 4 heteroatoms. The molecular formula is C14H17N3O. The molecule has 2 rings (SSSR count). The number of Topliss-reactive ketones (excluding diaryl/α,β-unsaturated/α-hetero) is 1. The fourth-order valence-electron chi connectivity index (χ4n) is 2.01. The zero-order valence-electron chi connectivity index (χ0n) is 10.8. The Hall–Kier alpha value is -1.97. The van der Waals surface area contributed by atoms with Crippen molar-refractivity contribution in [3.05, 3.63) is 47.5 Å². The maximum absolute atomic E-state index is 12.0. The summed E-state index contributed by atoms with van der Waals surface area (Å²) >= 11 is 0. The van der Waals surface area contributed by atoms with Gasteiger partial charge in [-0.25, -0.2) is 0 Å². The summed E-state index contributed by atoms with van der Waals surface area (Å²) in [6, 6.07) is 5.75. The first kappa shape index (κ1) is 12.5. The van der Waals surface area contributed by atoms with Crippen LogP contribution in [0.5, 0.6) is 0 Å². The molecular weight excluding hydrogens is 226 g/mol. The van der Waals surface area contributed by atoms with Gasteiger partial charge in [-0.2, -0.15) is 5.10 Å². The summed E-state index contributed by atoms with van der Waals surface area (Å²) in [5, 5.41) is 4.34. The molecule has 0 fully saturated rings. The van der Waals surface area contributed by atoms with Crippen LogP contribution in [0.3, 0.4) is 0 Å². The Balaban J connectivity index is 2.03. The van der Waals surface area contributed by atoms with Crippen LogP contribution in [-0.4, -0.2) is 20.5 Å². The van der Waals surface area contributed by atoms with Crippen LogP contribution >= 0.6 is 0 Å². The van der Waals surface area contributed by atoms with Crippen molar-refractivity contribution in [2.45, 2.75) is 33.2 Å². The van der Waals surface area contributed by atoms with E-state index in [0.717, 1.165) is 23.5 Å². The van der Waals surface area contributed by atoms with Crippen LogP contribution in [0, 0.1) is 6.92 Å². The second kappa shape index (κ2) is 5.58. The van der Waals surface area contributed by atoms with E-state index in [1.54, 1.807) is 12.4 Å². The number of carbonyl (C=O) groups excluding carboxylic acids is 1. The summed E-state index contributed by atoms with van der Waals surface area (Å²) in [4.78, 5) is 16.0. The van der Waals surface area contributed by atoms with Crippen LogP contribution in [0.25, 0.3) is 0 Å². The smallest absolute Gasteiger partial charge is 0.143 e. The van der Waals surface area contributed by atoms with Gasteiger partial charge in [-0.05, 0) is 31.5 Å². The van der Waals surface area contributed by atoms with Gasteiger partial charge in [0.25, 0.3) is 0 Å². The fourth-order valence-corrected chi connectivity index (χ4v) is 2.01. The van der Waals surface area contributed by atoms with Gasteiger partial charge in [0.2, 0.25) is 0 Å². The molecule has 0 saturated carbocycles. The predicted molar refractivity (Wildman–Crippen MR) is 69.3 cm³/mol. The molecule has 18 heavy (non-hydrogen) atoms. The Morgan fingerprint density at radius 3 is 2.89 bits per heavy atom. The molecule has 0 bridgehead atoms. The molecule has 0 aliphatic heterocycles. The van der Waals surface area contributed by atoms with Gasteiger partial charge in [0.15, 0.2) is 0 Å². The molecule has 0 aliphatic carbocycles. The number of nitrogens with zero attached hydrogens (tertiary/aromatic N) is 3. The number of carbonyl (C=O) groups is 1. The topological polar surface area (TPSA) is 47.8 Å². The van der Waals surface area contributed by atoms with Crippen molar-refractivity contribution in [3.8, 4) is 0 Å². The molecule has 2 heterocycles. The standard InChI is InChI=1S/C14H17N3O/c1-3-17-13(7-11(2)16-17)9-14(18)8-12-5-4-6-15-10-12/h4-7,10H,3,8-9H2,1-2H3. The van der Waals surface area contributed by atoms with Crippen LogP contribution in [0.2, 0.25) is 0 Å². The largest absolute Gasteiger partial charge is 0.299 e. The molecule has 0 N–H and O–H groups in total.